The molecular weight excluding hydrogens is 438 g/mol. The van der Waals surface area contributed by atoms with Gasteiger partial charge in [0.1, 0.15) is 18.2 Å². The second-order valence-corrected chi connectivity index (χ2v) is 9.22. The van der Waals surface area contributed by atoms with Crippen LogP contribution in [0.3, 0.4) is 0 Å². The van der Waals surface area contributed by atoms with Gasteiger partial charge in [-0.15, -0.1) is 0 Å². The highest BCUT2D eigenvalue weighted by molar-refractivity contribution is 7.92. The number of halogens is 3. The molecule has 3 rings (SSSR count). The fourth-order valence-corrected chi connectivity index (χ4v) is 5.00. The highest BCUT2D eigenvalue weighted by Crippen LogP contribution is 2.30. The van der Waals surface area contributed by atoms with Crippen LogP contribution in [0.5, 0.6) is 0 Å². The number of carbonyl (C=O) groups is 1. The molecule has 0 saturated carbocycles. The van der Waals surface area contributed by atoms with Gasteiger partial charge < -0.3 is 9.64 Å². The summed E-state index contributed by atoms with van der Waals surface area (Å²) in [6.07, 6.45) is 1.18. The minimum Gasteiger partial charge on any atom is -0.447 e. The lowest BCUT2D eigenvalue weighted by atomic mass is 10.2. The van der Waals surface area contributed by atoms with Gasteiger partial charge in [-0.25, -0.2) is 22.0 Å². The van der Waals surface area contributed by atoms with Gasteiger partial charge in [0, 0.05) is 24.2 Å². The zero-order valence-corrected chi connectivity index (χ0v) is 17.8. The quantitative estimate of drug-likeness (QED) is 0.642. The van der Waals surface area contributed by atoms with Crippen LogP contribution in [0.4, 0.5) is 19.3 Å². The van der Waals surface area contributed by atoms with E-state index in [1.54, 1.807) is 0 Å². The number of hydrogen-bond donors (Lipinski definition) is 0. The Kier molecular flexibility index (Phi) is 6.82. The SMILES string of the molecule is C[C@H](COC(=O)N1CCCC1)N(c1cc(F)ccc1F)S(=O)(=O)c1ccc(Cl)cc1. The Balaban J connectivity index is 1.93. The van der Waals surface area contributed by atoms with Crippen LogP contribution in [-0.2, 0) is 14.8 Å². The fraction of sp³-hybridized carbons (Fsp3) is 0.350. The van der Waals surface area contributed by atoms with E-state index in [1.807, 2.05) is 0 Å². The van der Waals surface area contributed by atoms with E-state index in [1.165, 1.54) is 36.1 Å². The van der Waals surface area contributed by atoms with Crippen molar-refractivity contribution in [3.63, 3.8) is 0 Å². The molecule has 1 heterocycles. The molecule has 0 N–H and O–H groups in total. The Morgan fingerprint density at radius 3 is 2.43 bits per heavy atom. The zero-order valence-electron chi connectivity index (χ0n) is 16.2. The molecule has 0 aromatic heterocycles. The smallest absolute Gasteiger partial charge is 0.409 e. The Morgan fingerprint density at radius 2 is 1.80 bits per heavy atom. The monoisotopic (exact) mass is 458 g/mol. The molecule has 1 amide bonds. The number of rotatable bonds is 6. The van der Waals surface area contributed by atoms with Gasteiger partial charge in [0.2, 0.25) is 0 Å². The summed E-state index contributed by atoms with van der Waals surface area (Å²) in [6.45, 7) is 2.25. The zero-order chi connectivity index (χ0) is 21.9. The number of nitrogens with zero attached hydrogens (tertiary/aromatic N) is 2. The molecule has 0 unspecified atom stereocenters. The molecule has 162 valence electrons. The molecule has 2 aromatic rings. The third kappa shape index (κ3) is 4.84. The minimum absolute atomic E-state index is 0.159. The van der Waals surface area contributed by atoms with Crippen molar-refractivity contribution in [3.05, 3.63) is 59.1 Å². The van der Waals surface area contributed by atoms with Crippen LogP contribution in [0.1, 0.15) is 19.8 Å². The summed E-state index contributed by atoms with van der Waals surface area (Å²) in [5, 5.41) is 0.324. The van der Waals surface area contributed by atoms with E-state index < -0.39 is 39.5 Å². The molecule has 6 nitrogen and oxygen atoms in total. The molecule has 10 heteroatoms. The summed E-state index contributed by atoms with van der Waals surface area (Å²) >= 11 is 5.83. The maximum atomic E-state index is 14.5. The molecule has 0 aliphatic carbocycles. The number of hydrogen-bond acceptors (Lipinski definition) is 4. The minimum atomic E-state index is -4.31. The number of likely N-dealkylation sites (tertiary alicyclic amines) is 1. The lowest BCUT2D eigenvalue weighted by molar-refractivity contribution is 0.106. The largest absolute Gasteiger partial charge is 0.447 e. The predicted octanol–water partition coefficient (Wildman–Crippen LogP) is 4.43. The molecule has 1 atom stereocenters. The highest BCUT2D eigenvalue weighted by atomic mass is 35.5. The molecule has 0 spiro atoms. The summed E-state index contributed by atoms with van der Waals surface area (Å²) in [6, 6.07) is 6.83. The number of benzene rings is 2. The van der Waals surface area contributed by atoms with E-state index in [0.29, 0.717) is 18.1 Å². The van der Waals surface area contributed by atoms with Gasteiger partial charge in [0.05, 0.1) is 16.6 Å². The third-order valence-electron chi connectivity index (χ3n) is 4.73. The Bertz CT molecular complexity index is 1010. The molecule has 0 radical (unpaired) electrons. The van der Waals surface area contributed by atoms with Crippen LogP contribution in [0, 0.1) is 11.6 Å². The molecule has 2 aromatic carbocycles. The first kappa shape index (κ1) is 22.3. The first-order chi connectivity index (χ1) is 14.2. The Morgan fingerprint density at radius 1 is 1.17 bits per heavy atom. The second kappa shape index (κ2) is 9.18. The van der Waals surface area contributed by atoms with Gasteiger partial charge in [0.15, 0.2) is 0 Å². The number of amides is 1. The van der Waals surface area contributed by atoms with Crippen molar-refractivity contribution in [3.8, 4) is 0 Å². The lowest BCUT2D eigenvalue weighted by Gasteiger charge is -2.31. The molecule has 1 saturated heterocycles. The van der Waals surface area contributed by atoms with Crippen LogP contribution in [0.25, 0.3) is 0 Å². The molecular formula is C20H21ClF2N2O4S. The van der Waals surface area contributed by atoms with Crippen molar-refractivity contribution < 1.29 is 26.7 Å². The van der Waals surface area contributed by atoms with E-state index in [9.17, 15) is 22.0 Å². The van der Waals surface area contributed by atoms with Crippen LogP contribution in [0.15, 0.2) is 47.4 Å². The van der Waals surface area contributed by atoms with Crippen LogP contribution in [0.2, 0.25) is 5.02 Å². The van der Waals surface area contributed by atoms with Crippen molar-refractivity contribution in [1.29, 1.82) is 0 Å². The van der Waals surface area contributed by atoms with E-state index in [2.05, 4.69) is 0 Å². The van der Waals surface area contributed by atoms with Gasteiger partial charge in [-0.05, 0) is 56.2 Å². The van der Waals surface area contributed by atoms with Gasteiger partial charge in [-0.1, -0.05) is 11.6 Å². The molecule has 30 heavy (non-hydrogen) atoms. The topological polar surface area (TPSA) is 66.9 Å². The van der Waals surface area contributed by atoms with Crippen LogP contribution in [-0.4, -0.2) is 45.1 Å². The lowest BCUT2D eigenvalue weighted by Crippen LogP contribution is -2.43. The first-order valence-electron chi connectivity index (χ1n) is 9.37. The standard InChI is InChI=1S/C20H21ClF2N2O4S/c1-14(13-29-20(26)24-10-2-3-11-24)25(19-12-16(22)6-9-18(19)23)30(27,28)17-7-4-15(21)5-8-17/h4-9,12,14H,2-3,10-11,13H2,1H3/t14-/m1/s1. The van der Waals surface area contributed by atoms with Crippen molar-refractivity contribution in [2.24, 2.45) is 0 Å². The number of carbonyl (C=O) groups excluding carboxylic acids is 1. The average molecular weight is 459 g/mol. The average Bonchev–Trinajstić information content (AvgIpc) is 3.24. The number of sulfonamides is 1. The van der Waals surface area contributed by atoms with E-state index in [0.717, 1.165) is 35.3 Å². The van der Waals surface area contributed by atoms with Crippen LogP contribution >= 0.6 is 11.6 Å². The van der Waals surface area contributed by atoms with Gasteiger partial charge in [-0.2, -0.15) is 0 Å². The summed E-state index contributed by atoms with van der Waals surface area (Å²) < 4.78 is 60.9. The molecule has 1 aliphatic heterocycles. The molecule has 1 fully saturated rings. The molecule has 0 bridgehead atoms. The fourth-order valence-electron chi connectivity index (χ4n) is 3.23. The van der Waals surface area contributed by atoms with E-state index >= 15 is 0 Å². The number of ether oxygens (including phenoxy) is 1. The van der Waals surface area contributed by atoms with Gasteiger partial charge in [-0.3, -0.25) is 4.31 Å². The van der Waals surface area contributed by atoms with Crippen molar-refractivity contribution in [2.75, 3.05) is 24.0 Å². The predicted molar refractivity (Wildman–Crippen MR) is 109 cm³/mol. The number of anilines is 1. The second-order valence-electron chi connectivity index (χ2n) is 6.97. The summed E-state index contributed by atoms with van der Waals surface area (Å²) in [7, 11) is -4.31. The van der Waals surface area contributed by atoms with Gasteiger partial charge >= 0.3 is 6.09 Å². The normalized spacial score (nSPS) is 15.1. The summed E-state index contributed by atoms with van der Waals surface area (Å²) in [5.74, 6) is -1.73. The maximum Gasteiger partial charge on any atom is 0.409 e. The summed E-state index contributed by atoms with van der Waals surface area (Å²) in [4.78, 5) is 13.5. The summed E-state index contributed by atoms with van der Waals surface area (Å²) in [5.41, 5.74) is -0.477. The highest BCUT2D eigenvalue weighted by Gasteiger charge is 2.33. The van der Waals surface area contributed by atoms with E-state index in [-0.39, 0.29) is 11.5 Å². The van der Waals surface area contributed by atoms with Crippen LogP contribution < -0.4 is 4.31 Å². The maximum absolute atomic E-state index is 14.5. The van der Waals surface area contributed by atoms with Crippen molar-refractivity contribution >= 4 is 33.4 Å². The van der Waals surface area contributed by atoms with Crippen molar-refractivity contribution in [1.82, 2.24) is 4.90 Å². The van der Waals surface area contributed by atoms with Crippen molar-refractivity contribution in [2.45, 2.75) is 30.7 Å². The third-order valence-corrected chi connectivity index (χ3v) is 6.92. The Labute approximate surface area is 179 Å². The first-order valence-corrected chi connectivity index (χ1v) is 11.2. The molecule has 1 aliphatic rings. The Hall–Kier alpha value is -2.39. The van der Waals surface area contributed by atoms with E-state index in [4.69, 9.17) is 16.3 Å². The van der Waals surface area contributed by atoms with Gasteiger partial charge in [0.25, 0.3) is 10.0 Å².